The van der Waals surface area contributed by atoms with Crippen LogP contribution in [0.4, 0.5) is 13.2 Å². The van der Waals surface area contributed by atoms with Crippen molar-refractivity contribution in [3.8, 4) is 17.1 Å². The van der Waals surface area contributed by atoms with Crippen LogP contribution in [-0.2, 0) is 19.3 Å². The number of ether oxygens (including phenoxy) is 1. The number of hydrogen-bond acceptors (Lipinski definition) is 5. The summed E-state index contributed by atoms with van der Waals surface area (Å²) in [5.74, 6) is 1.18. The molecule has 3 aromatic carbocycles. The average Bonchev–Trinajstić information content (AvgIpc) is 3.34. The number of fused-ring (bicyclic) bond motifs is 2. The van der Waals surface area contributed by atoms with Gasteiger partial charge in [0.05, 0.1) is 13.7 Å². The van der Waals surface area contributed by atoms with Crippen LogP contribution in [0.5, 0.6) is 5.75 Å². The Bertz CT molecular complexity index is 1620. The molecule has 0 saturated carbocycles. The van der Waals surface area contributed by atoms with E-state index in [1.165, 1.54) is 13.2 Å². The number of methoxy groups -OCH3 is 1. The van der Waals surface area contributed by atoms with Gasteiger partial charge in [-0.1, -0.05) is 49.0 Å². The quantitative estimate of drug-likeness (QED) is 0.253. The lowest BCUT2D eigenvalue weighted by Crippen LogP contribution is -2.12. The summed E-state index contributed by atoms with van der Waals surface area (Å²) in [7, 11) is 1.39. The molecule has 0 amide bonds. The summed E-state index contributed by atoms with van der Waals surface area (Å²) in [6.07, 6.45) is -4.58. The van der Waals surface area contributed by atoms with E-state index >= 15 is 0 Å². The lowest BCUT2D eigenvalue weighted by Gasteiger charge is -2.12. The Kier molecular flexibility index (Phi) is 6.35. The fourth-order valence-corrected chi connectivity index (χ4v) is 4.44. The Morgan fingerprint density at radius 2 is 1.81 bits per heavy atom. The van der Waals surface area contributed by atoms with Crippen molar-refractivity contribution in [1.29, 1.82) is 0 Å². The van der Waals surface area contributed by atoms with Crippen LogP contribution in [0.3, 0.4) is 0 Å². The van der Waals surface area contributed by atoms with Crippen LogP contribution in [0.1, 0.15) is 22.6 Å². The predicted molar refractivity (Wildman–Crippen MR) is 139 cm³/mol. The lowest BCUT2D eigenvalue weighted by molar-refractivity contribution is -0.140. The third-order valence-electron chi connectivity index (χ3n) is 6.29. The highest BCUT2D eigenvalue weighted by atomic mass is 19.4. The molecule has 2 aromatic heterocycles. The number of halogens is 3. The lowest BCUT2D eigenvalue weighted by atomic mass is 10.0. The second-order valence-electron chi connectivity index (χ2n) is 8.53. The van der Waals surface area contributed by atoms with Crippen LogP contribution in [0.25, 0.3) is 38.7 Å². The van der Waals surface area contributed by atoms with Gasteiger partial charge >= 0.3 is 6.18 Å². The number of nitrogens with zero attached hydrogens (tertiary/aromatic N) is 1. The van der Waals surface area contributed by atoms with Gasteiger partial charge in [0.2, 0.25) is 0 Å². The standard InChI is InChI=1S/C29H24F3N3O2/c1-17(34-16-19-8-5-7-18-6-3-4-9-20(18)19)23-14-25(37-26(23)15-33)21-10-12-24(36-2)28-22(21)11-13-27(35-28)29(30,31)32/h3-14,34H,1,15-16,33H2,2H3. The molecule has 0 aliphatic carbocycles. The highest BCUT2D eigenvalue weighted by Crippen LogP contribution is 2.38. The van der Waals surface area contributed by atoms with Crippen LogP contribution in [0.2, 0.25) is 0 Å². The maximum atomic E-state index is 13.3. The van der Waals surface area contributed by atoms with E-state index in [0.717, 1.165) is 22.4 Å². The first-order chi connectivity index (χ1) is 17.8. The molecule has 0 aliphatic rings. The van der Waals surface area contributed by atoms with Crippen molar-refractivity contribution in [1.82, 2.24) is 10.3 Å². The number of rotatable bonds is 7. The van der Waals surface area contributed by atoms with E-state index in [9.17, 15) is 13.2 Å². The normalized spacial score (nSPS) is 11.7. The van der Waals surface area contributed by atoms with E-state index in [2.05, 4.69) is 41.1 Å². The highest BCUT2D eigenvalue weighted by molar-refractivity contribution is 5.97. The van der Waals surface area contributed by atoms with Crippen LogP contribution in [-0.4, -0.2) is 12.1 Å². The number of pyridine rings is 1. The Labute approximate surface area is 211 Å². The van der Waals surface area contributed by atoms with Crippen LogP contribution in [0.15, 0.2) is 83.8 Å². The summed E-state index contributed by atoms with van der Waals surface area (Å²) >= 11 is 0. The first-order valence-electron chi connectivity index (χ1n) is 11.6. The molecule has 3 N–H and O–H groups in total. The first-order valence-corrected chi connectivity index (χ1v) is 11.6. The predicted octanol–water partition coefficient (Wildman–Crippen LogP) is 6.89. The number of furan rings is 1. The molecule has 0 saturated heterocycles. The Morgan fingerprint density at radius 1 is 1.03 bits per heavy atom. The summed E-state index contributed by atoms with van der Waals surface area (Å²) in [5.41, 5.74) is 8.07. The molecule has 0 spiro atoms. The fourth-order valence-electron chi connectivity index (χ4n) is 4.44. The second-order valence-corrected chi connectivity index (χ2v) is 8.53. The maximum Gasteiger partial charge on any atom is 0.433 e. The number of alkyl halides is 3. The van der Waals surface area contributed by atoms with Gasteiger partial charge < -0.3 is 20.2 Å². The van der Waals surface area contributed by atoms with E-state index in [4.69, 9.17) is 14.9 Å². The molecule has 8 heteroatoms. The van der Waals surface area contributed by atoms with Crippen molar-refractivity contribution in [3.05, 3.63) is 102 Å². The number of aromatic nitrogens is 1. The molecule has 0 radical (unpaired) electrons. The van der Waals surface area contributed by atoms with Gasteiger partial charge in [-0.2, -0.15) is 13.2 Å². The van der Waals surface area contributed by atoms with Gasteiger partial charge in [0.15, 0.2) is 0 Å². The smallest absolute Gasteiger partial charge is 0.433 e. The van der Waals surface area contributed by atoms with E-state index in [1.807, 2.05) is 18.2 Å². The van der Waals surface area contributed by atoms with E-state index in [-0.39, 0.29) is 17.8 Å². The van der Waals surface area contributed by atoms with Crippen LogP contribution in [0, 0.1) is 0 Å². The molecular formula is C29H24F3N3O2. The van der Waals surface area contributed by atoms with E-state index in [1.54, 1.807) is 18.2 Å². The zero-order valence-electron chi connectivity index (χ0n) is 20.0. The Morgan fingerprint density at radius 3 is 2.57 bits per heavy atom. The number of nitrogens with two attached hydrogens (primary N) is 1. The minimum atomic E-state index is -4.58. The molecule has 2 heterocycles. The summed E-state index contributed by atoms with van der Waals surface area (Å²) in [6, 6.07) is 21.7. The molecule has 0 bridgehead atoms. The second kappa shape index (κ2) is 9.63. The monoisotopic (exact) mass is 503 g/mol. The highest BCUT2D eigenvalue weighted by Gasteiger charge is 2.33. The zero-order valence-corrected chi connectivity index (χ0v) is 20.0. The summed E-state index contributed by atoms with van der Waals surface area (Å²) in [5, 5.41) is 6.12. The van der Waals surface area contributed by atoms with Crippen LogP contribution < -0.4 is 15.8 Å². The SMILES string of the molecule is C=C(NCc1cccc2ccccc12)c1cc(-c2ccc(OC)c3nc(C(F)(F)F)ccc23)oc1CN. The third kappa shape index (κ3) is 4.63. The summed E-state index contributed by atoms with van der Waals surface area (Å²) in [6.45, 7) is 4.84. The van der Waals surface area contributed by atoms with Gasteiger partial charge in [-0.05, 0) is 46.7 Å². The molecular weight excluding hydrogens is 479 g/mol. The van der Waals surface area contributed by atoms with Gasteiger partial charge in [-0.15, -0.1) is 0 Å². The van der Waals surface area contributed by atoms with E-state index < -0.39 is 11.9 Å². The number of nitrogens with one attached hydrogen (secondary N) is 1. The van der Waals surface area contributed by atoms with Gasteiger partial charge in [-0.3, -0.25) is 0 Å². The average molecular weight is 504 g/mol. The van der Waals surface area contributed by atoms with Gasteiger partial charge in [0.1, 0.15) is 28.5 Å². The largest absolute Gasteiger partial charge is 0.494 e. The van der Waals surface area contributed by atoms with Crippen molar-refractivity contribution in [2.24, 2.45) is 5.73 Å². The molecule has 37 heavy (non-hydrogen) atoms. The molecule has 5 rings (SSSR count). The minimum Gasteiger partial charge on any atom is -0.494 e. The number of benzene rings is 3. The van der Waals surface area contributed by atoms with Crippen molar-refractivity contribution < 1.29 is 22.3 Å². The van der Waals surface area contributed by atoms with Crippen molar-refractivity contribution in [2.45, 2.75) is 19.3 Å². The van der Waals surface area contributed by atoms with E-state index in [0.29, 0.717) is 40.3 Å². The maximum absolute atomic E-state index is 13.3. The van der Waals surface area contributed by atoms with Crippen LogP contribution >= 0.6 is 0 Å². The molecule has 0 atom stereocenters. The number of hydrogen-bond donors (Lipinski definition) is 2. The first kappa shape index (κ1) is 24.4. The van der Waals surface area contributed by atoms with Crippen molar-refractivity contribution >= 4 is 27.4 Å². The third-order valence-corrected chi connectivity index (χ3v) is 6.29. The molecule has 0 aliphatic heterocycles. The van der Waals surface area contributed by atoms with Gasteiger partial charge in [0.25, 0.3) is 0 Å². The van der Waals surface area contributed by atoms with Gasteiger partial charge in [0, 0.05) is 28.8 Å². The molecule has 188 valence electrons. The van der Waals surface area contributed by atoms with Crippen molar-refractivity contribution in [2.75, 3.05) is 7.11 Å². The Hall–Kier alpha value is -4.30. The molecule has 5 aromatic rings. The van der Waals surface area contributed by atoms with Gasteiger partial charge in [-0.25, -0.2) is 4.98 Å². The topological polar surface area (TPSA) is 73.3 Å². The Balaban J connectivity index is 1.49. The summed E-state index contributed by atoms with van der Waals surface area (Å²) in [4.78, 5) is 3.83. The molecule has 0 unspecified atom stereocenters. The minimum absolute atomic E-state index is 0.0926. The fraction of sp³-hybridized carbons (Fsp3) is 0.138. The molecule has 0 fully saturated rings. The zero-order chi connectivity index (χ0) is 26.2. The molecule has 5 nitrogen and oxygen atoms in total. The van der Waals surface area contributed by atoms with Crippen molar-refractivity contribution in [3.63, 3.8) is 0 Å². The summed E-state index contributed by atoms with van der Waals surface area (Å²) < 4.78 is 51.2.